The minimum Gasteiger partial charge on any atom is -0.493 e. The molecule has 0 atom stereocenters. The number of rotatable bonds is 11. The third-order valence-corrected chi connectivity index (χ3v) is 5.52. The van der Waals surface area contributed by atoms with Gasteiger partial charge in [-0.3, -0.25) is 0 Å². The van der Waals surface area contributed by atoms with Crippen molar-refractivity contribution < 1.29 is 4.74 Å². The van der Waals surface area contributed by atoms with Gasteiger partial charge in [-0.15, -0.1) is 11.3 Å². The molecule has 0 unspecified atom stereocenters. The molecule has 3 heteroatoms. The van der Waals surface area contributed by atoms with Gasteiger partial charge in [-0.1, -0.05) is 49.4 Å². The van der Waals surface area contributed by atoms with Crippen LogP contribution in [-0.2, 0) is 13.0 Å². The molecular weight excluding hydrogens is 350 g/mol. The van der Waals surface area contributed by atoms with E-state index in [0.29, 0.717) is 0 Å². The largest absolute Gasteiger partial charge is 0.493 e. The summed E-state index contributed by atoms with van der Waals surface area (Å²) in [6, 6.07) is 21.6. The van der Waals surface area contributed by atoms with Gasteiger partial charge in [0.1, 0.15) is 5.75 Å². The van der Waals surface area contributed by atoms with E-state index in [9.17, 15) is 0 Å². The van der Waals surface area contributed by atoms with E-state index in [1.54, 1.807) is 11.3 Å². The third kappa shape index (κ3) is 6.23. The van der Waals surface area contributed by atoms with Crippen LogP contribution in [0.5, 0.6) is 5.75 Å². The van der Waals surface area contributed by atoms with Gasteiger partial charge < -0.3 is 10.1 Å². The quantitative estimate of drug-likeness (QED) is 0.394. The van der Waals surface area contributed by atoms with Crippen molar-refractivity contribution in [3.8, 4) is 16.2 Å². The van der Waals surface area contributed by atoms with Crippen molar-refractivity contribution in [1.29, 1.82) is 0 Å². The van der Waals surface area contributed by atoms with E-state index >= 15 is 0 Å². The Morgan fingerprint density at radius 1 is 0.889 bits per heavy atom. The van der Waals surface area contributed by atoms with Gasteiger partial charge in [-0.05, 0) is 66.9 Å². The van der Waals surface area contributed by atoms with Crippen LogP contribution in [0.25, 0.3) is 10.4 Å². The molecule has 0 amide bonds. The lowest BCUT2D eigenvalue weighted by Crippen LogP contribution is -2.11. The summed E-state index contributed by atoms with van der Waals surface area (Å²) in [6.07, 6.45) is 4.66. The molecule has 2 aromatic carbocycles. The van der Waals surface area contributed by atoms with Crippen LogP contribution in [-0.4, -0.2) is 13.2 Å². The lowest BCUT2D eigenvalue weighted by Gasteiger charge is -2.13. The fourth-order valence-electron chi connectivity index (χ4n) is 3.14. The second-order valence-electron chi connectivity index (χ2n) is 6.73. The number of nitrogens with one attached hydrogen (secondary N) is 1. The number of ether oxygens (including phenoxy) is 1. The maximum atomic E-state index is 6.16. The van der Waals surface area contributed by atoms with E-state index in [1.807, 2.05) is 0 Å². The monoisotopic (exact) mass is 379 g/mol. The fraction of sp³-hybridized carbons (Fsp3) is 0.333. The van der Waals surface area contributed by atoms with Crippen molar-refractivity contribution in [2.24, 2.45) is 0 Å². The Morgan fingerprint density at radius 3 is 2.56 bits per heavy atom. The molecule has 27 heavy (non-hydrogen) atoms. The van der Waals surface area contributed by atoms with Crippen LogP contribution in [0, 0.1) is 0 Å². The number of benzene rings is 2. The number of hydrogen-bond donors (Lipinski definition) is 1. The molecule has 0 aliphatic rings. The molecule has 0 radical (unpaired) electrons. The highest BCUT2D eigenvalue weighted by molar-refractivity contribution is 7.13. The molecule has 0 saturated heterocycles. The van der Waals surface area contributed by atoms with Crippen LogP contribution in [0.4, 0.5) is 0 Å². The van der Waals surface area contributed by atoms with Crippen LogP contribution in [0.1, 0.15) is 37.3 Å². The van der Waals surface area contributed by atoms with Gasteiger partial charge in [0.25, 0.3) is 0 Å². The standard InChI is InChI=1S/C24H29NOS/c1-2-25-19-21-14-15-23(22(18-21)24-13-9-17-27-24)26-16-8-4-7-12-20-10-5-3-6-11-20/h3,5-6,9-11,13-15,17-18,25H,2,4,7-8,12,16,19H2,1H3. The Morgan fingerprint density at radius 2 is 1.78 bits per heavy atom. The summed E-state index contributed by atoms with van der Waals surface area (Å²) in [7, 11) is 0. The first kappa shape index (κ1) is 19.7. The highest BCUT2D eigenvalue weighted by Gasteiger charge is 2.09. The number of thiophene rings is 1. The van der Waals surface area contributed by atoms with Crippen molar-refractivity contribution in [3.63, 3.8) is 0 Å². The molecule has 3 aromatic rings. The molecule has 1 N–H and O–H groups in total. The maximum absolute atomic E-state index is 6.16. The van der Waals surface area contributed by atoms with Crippen molar-refractivity contribution in [3.05, 3.63) is 77.2 Å². The number of hydrogen-bond acceptors (Lipinski definition) is 3. The van der Waals surface area contributed by atoms with Crippen molar-refractivity contribution in [1.82, 2.24) is 5.32 Å². The molecule has 3 rings (SSSR count). The van der Waals surface area contributed by atoms with Crippen molar-refractivity contribution >= 4 is 11.3 Å². The van der Waals surface area contributed by atoms with Crippen molar-refractivity contribution in [2.45, 2.75) is 39.2 Å². The van der Waals surface area contributed by atoms with Gasteiger partial charge in [-0.25, -0.2) is 0 Å². The minimum atomic E-state index is 0.778. The summed E-state index contributed by atoms with van der Waals surface area (Å²) in [4.78, 5) is 1.27. The van der Waals surface area contributed by atoms with Gasteiger partial charge in [0.2, 0.25) is 0 Å². The average molecular weight is 380 g/mol. The minimum absolute atomic E-state index is 0.778. The Kier molecular flexibility index (Phi) is 7.94. The van der Waals surface area contributed by atoms with Gasteiger partial charge in [0.15, 0.2) is 0 Å². The maximum Gasteiger partial charge on any atom is 0.127 e. The molecule has 0 bridgehead atoms. The molecule has 1 aromatic heterocycles. The zero-order valence-corrected chi connectivity index (χ0v) is 16.9. The molecule has 0 aliphatic heterocycles. The summed E-state index contributed by atoms with van der Waals surface area (Å²) >= 11 is 1.77. The van der Waals surface area contributed by atoms with E-state index < -0.39 is 0 Å². The normalized spacial score (nSPS) is 10.9. The molecule has 0 saturated carbocycles. The Balaban J connectivity index is 1.51. The Bertz CT molecular complexity index is 783. The SMILES string of the molecule is CCNCc1ccc(OCCCCCc2ccccc2)c(-c2cccs2)c1. The highest BCUT2D eigenvalue weighted by atomic mass is 32.1. The summed E-state index contributed by atoms with van der Waals surface area (Å²) in [5.41, 5.74) is 3.94. The summed E-state index contributed by atoms with van der Waals surface area (Å²) in [5.74, 6) is 1.00. The third-order valence-electron chi connectivity index (χ3n) is 4.62. The second-order valence-corrected chi connectivity index (χ2v) is 7.68. The van der Waals surface area contributed by atoms with Crippen LogP contribution < -0.4 is 10.1 Å². The van der Waals surface area contributed by atoms with E-state index in [4.69, 9.17) is 4.74 Å². The average Bonchev–Trinajstić information content (AvgIpc) is 3.25. The molecule has 0 fully saturated rings. The lowest BCUT2D eigenvalue weighted by molar-refractivity contribution is 0.306. The Hall–Kier alpha value is -2.10. The Labute approximate surface area is 167 Å². The first-order chi connectivity index (χ1) is 13.4. The number of aryl methyl sites for hydroxylation is 1. The molecular formula is C24H29NOS. The highest BCUT2D eigenvalue weighted by Crippen LogP contribution is 2.34. The first-order valence-corrected chi connectivity index (χ1v) is 10.8. The van der Waals surface area contributed by atoms with E-state index in [-0.39, 0.29) is 0 Å². The lowest BCUT2D eigenvalue weighted by atomic mass is 10.1. The van der Waals surface area contributed by atoms with E-state index in [0.717, 1.165) is 38.3 Å². The molecule has 2 nitrogen and oxygen atoms in total. The summed E-state index contributed by atoms with van der Waals surface area (Å²) in [5, 5.41) is 5.52. The molecule has 142 valence electrons. The summed E-state index contributed by atoms with van der Waals surface area (Å²) < 4.78 is 6.16. The first-order valence-electron chi connectivity index (χ1n) is 9.91. The fourth-order valence-corrected chi connectivity index (χ4v) is 3.89. The van der Waals surface area contributed by atoms with Crippen LogP contribution in [0.2, 0.25) is 0 Å². The smallest absolute Gasteiger partial charge is 0.127 e. The van der Waals surface area contributed by atoms with Gasteiger partial charge >= 0.3 is 0 Å². The number of unbranched alkanes of at least 4 members (excludes halogenated alkanes) is 2. The van der Waals surface area contributed by atoms with Gasteiger partial charge in [0, 0.05) is 17.0 Å². The predicted molar refractivity (Wildman–Crippen MR) is 117 cm³/mol. The van der Waals surface area contributed by atoms with Crippen LogP contribution >= 0.6 is 11.3 Å². The van der Waals surface area contributed by atoms with Gasteiger partial charge in [0.05, 0.1) is 6.61 Å². The van der Waals surface area contributed by atoms with Crippen molar-refractivity contribution in [2.75, 3.05) is 13.2 Å². The zero-order chi connectivity index (χ0) is 18.7. The molecule has 1 heterocycles. The van der Waals surface area contributed by atoms with E-state index in [1.165, 1.54) is 34.4 Å². The van der Waals surface area contributed by atoms with Crippen LogP contribution in [0.15, 0.2) is 66.0 Å². The zero-order valence-electron chi connectivity index (χ0n) is 16.1. The summed E-state index contributed by atoms with van der Waals surface area (Å²) in [6.45, 7) is 4.79. The second kappa shape index (κ2) is 10.9. The van der Waals surface area contributed by atoms with E-state index in [2.05, 4.69) is 78.3 Å². The predicted octanol–water partition coefficient (Wildman–Crippen LogP) is 6.32. The topological polar surface area (TPSA) is 21.3 Å². The van der Waals surface area contributed by atoms with Crippen LogP contribution in [0.3, 0.4) is 0 Å². The van der Waals surface area contributed by atoms with Gasteiger partial charge in [-0.2, -0.15) is 0 Å². The molecule has 0 spiro atoms. The molecule has 0 aliphatic carbocycles.